The fourth-order valence-corrected chi connectivity index (χ4v) is 1.48. The van der Waals surface area contributed by atoms with Gasteiger partial charge in [-0.05, 0) is 20.8 Å². The first-order valence-electron chi connectivity index (χ1n) is 4.24. The number of nitrogens with one attached hydrogen (secondary N) is 1. The van der Waals surface area contributed by atoms with Crippen LogP contribution in [0.5, 0.6) is 5.19 Å². The van der Waals surface area contributed by atoms with Crippen LogP contribution >= 0.6 is 11.3 Å². The monoisotopic (exact) mass is 214 g/mol. The maximum Gasteiger partial charge on any atom is 0.273 e. The molecule has 0 saturated heterocycles. The Morgan fingerprint density at radius 3 is 2.64 bits per heavy atom. The van der Waals surface area contributed by atoms with Crippen LogP contribution in [0.3, 0.4) is 0 Å². The molecule has 0 saturated carbocycles. The van der Waals surface area contributed by atoms with Gasteiger partial charge >= 0.3 is 0 Å². The highest BCUT2D eigenvalue weighted by Gasteiger charge is 2.17. The van der Waals surface area contributed by atoms with E-state index in [-0.39, 0.29) is 11.4 Å². The van der Waals surface area contributed by atoms with E-state index in [9.17, 15) is 4.79 Å². The first kappa shape index (κ1) is 11.0. The van der Waals surface area contributed by atoms with Crippen LogP contribution in [0.15, 0.2) is 5.38 Å². The van der Waals surface area contributed by atoms with E-state index < -0.39 is 0 Å². The Kier molecular flexibility index (Phi) is 3.10. The first-order chi connectivity index (χ1) is 6.42. The van der Waals surface area contributed by atoms with Gasteiger partial charge in [-0.3, -0.25) is 4.79 Å². The molecule has 1 aromatic rings. The van der Waals surface area contributed by atoms with Crippen LogP contribution in [-0.4, -0.2) is 23.5 Å². The summed E-state index contributed by atoms with van der Waals surface area (Å²) in [6.45, 7) is 5.78. The van der Waals surface area contributed by atoms with Crippen LogP contribution in [0, 0.1) is 0 Å². The molecule has 4 nitrogen and oxygen atoms in total. The van der Waals surface area contributed by atoms with Crippen molar-refractivity contribution in [2.24, 2.45) is 0 Å². The van der Waals surface area contributed by atoms with Crippen molar-refractivity contribution < 1.29 is 9.53 Å². The predicted molar refractivity (Wildman–Crippen MR) is 55.9 cm³/mol. The predicted octanol–water partition coefficient (Wildman–Crippen LogP) is 1.68. The minimum absolute atomic E-state index is 0.169. The second-order valence-corrected chi connectivity index (χ2v) is 4.73. The number of nitrogens with zero attached hydrogens (tertiary/aromatic N) is 1. The molecule has 0 bridgehead atoms. The Morgan fingerprint density at radius 2 is 2.21 bits per heavy atom. The molecule has 0 aliphatic heterocycles. The van der Waals surface area contributed by atoms with Crippen LogP contribution in [0.4, 0.5) is 0 Å². The van der Waals surface area contributed by atoms with Crippen molar-refractivity contribution in [1.29, 1.82) is 0 Å². The standard InChI is InChI=1S/C9H14N2O2S/c1-9(2,3)11-7(12)6-5-14-8(10-6)13-4/h5H,1-4H3,(H,11,12). The zero-order valence-electron chi connectivity index (χ0n) is 8.75. The minimum Gasteiger partial charge on any atom is -0.473 e. The number of hydrogen-bond donors (Lipinski definition) is 1. The largest absolute Gasteiger partial charge is 0.473 e. The van der Waals surface area contributed by atoms with E-state index in [2.05, 4.69) is 10.3 Å². The van der Waals surface area contributed by atoms with Crippen LogP contribution in [0.2, 0.25) is 0 Å². The third kappa shape index (κ3) is 2.99. The van der Waals surface area contributed by atoms with Gasteiger partial charge in [-0.2, -0.15) is 4.98 Å². The number of methoxy groups -OCH3 is 1. The lowest BCUT2D eigenvalue weighted by atomic mass is 10.1. The van der Waals surface area contributed by atoms with Gasteiger partial charge in [0.15, 0.2) is 0 Å². The maximum absolute atomic E-state index is 11.6. The van der Waals surface area contributed by atoms with Gasteiger partial charge in [-0.25, -0.2) is 0 Å². The lowest BCUT2D eigenvalue weighted by Crippen LogP contribution is -2.40. The Labute approximate surface area is 87.3 Å². The fraction of sp³-hybridized carbons (Fsp3) is 0.556. The smallest absolute Gasteiger partial charge is 0.273 e. The molecular formula is C9H14N2O2S. The second kappa shape index (κ2) is 3.96. The van der Waals surface area contributed by atoms with Crippen LogP contribution in [0.1, 0.15) is 31.3 Å². The highest BCUT2D eigenvalue weighted by molar-refractivity contribution is 7.11. The second-order valence-electron chi connectivity index (χ2n) is 3.91. The molecule has 78 valence electrons. The maximum atomic E-state index is 11.6. The van der Waals surface area contributed by atoms with E-state index in [4.69, 9.17) is 4.74 Å². The van der Waals surface area contributed by atoms with Crippen molar-refractivity contribution in [2.45, 2.75) is 26.3 Å². The fourth-order valence-electron chi connectivity index (χ4n) is 0.860. The number of carbonyl (C=O) groups is 1. The Morgan fingerprint density at radius 1 is 1.57 bits per heavy atom. The molecule has 1 heterocycles. The molecule has 0 aromatic carbocycles. The average Bonchev–Trinajstić information content (AvgIpc) is 2.48. The van der Waals surface area contributed by atoms with E-state index in [1.165, 1.54) is 18.4 Å². The molecule has 14 heavy (non-hydrogen) atoms. The number of ether oxygens (including phenoxy) is 1. The van der Waals surface area contributed by atoms with Crippen molar-refractivity contribution in [2.75, 3.05) is 7.11 Å². The molecule has 1 aromatic heterocycles. The summed E-state index contributed by atoms with van der Waals surface area (Å²) in [5.74, 6) is -0.169. The molecule has 0 atom stereocenters. The van der Waals surface area contributed by atoms with E-state index in [0.29, 0.717) is 10.9 Å². The molecule has 5 heteroatoms. The van der Waals surface area contributed by atoms with Gasteiger partial charge in [0, 0.05) is 10.9 Å². The van der Waals surface area contributed by atoms with Gasteiger partial charge in [0.05, 0.1) is 7.11 Å². The minimum atomic E-state index is -0.242. The van der Waals surface area contributed by atoms with Crippen molar-refractivity contribution >= 4 is 17.2 Å². The van der Waals surface area contributed by atoms with Crippen molar-refractivity contribution in [3.63, 3.8) is 0 Å². The lowest BCUT2D eigenvalue weighted by molar-refractivity contribution is 0.0914. The zero-order valence-corrected chi connectivity index (χ0v) is 9.57. The van der Waals surface area contributed by atoms with Gasteiger partial charge < -0.3 is 10.1 Å². The van der Waals surface area contributed by atoms with Gasteiger partial charge in [0.1, 0.15) is 5.69 Å². The molecule has 1 rings (SSSR count). The normalized spacial score (nSPS) is 11.1. The highest BCUT2D eigenvalue weighted by atomic mass is 32.1. The number of thiazole rings is 1. The number of amides is 1. The molecule has 0 unspecified atom stereocenters. The summed E-state index contributed by atoms with van der Waals surface area (Å²) in [6.07, 6.45) is 0. The molecule has 0 fully saturated rings. The number of hydrogen-bond acceptors (Lipinski definition) is 4. The molecule has 0 aliphatic carbocycles. The molecule has 0 aliphatic rings. The SMILES string of the molecule is COc1nc(C(=O)NC(C)(C)C)cs1. The summed E-state index contributed by atoms with van der Waals surface area (Å²) in [4.78, 5) is 15.6. The zero-order chi connectivity index (χ0) is 10.8. The topological polar surface area (TPSA) is 51.2 Å². The highest BCUT2D eigenvalue weighted by Crippen LogP contribution is 2.17. The van der Waals surface area contributed by atoms with E-state index in [1.54, 1.807) is 5.38 Å². The molecule has 0 radical (unpaired) electrons. The number of carbonyl (C=O) groups excluding carboxylic acids is 1. The molecule has 1 amide bonds. The third-order valence-corrected chi connectivity index (χ3v) is 2.18. The summed E-state index contributed by atoms with van der Waals surface area (Å²) >= 11 is 1.31. The summed E-state index contributed by atoms with van der Waals surface area (Å²) in [5.41, 5.74) is 0.162. The summed E-state index contributed by atoms with van der Waals surface area (Å²) in [7, 11) is 1.53. The summed E-state index contributed by atoms with van der Waals surface area (Å²) < 4.78 is 4.90. The van der Waals surface area contributed by atoms with Crippen molar-refractivity contribution in [1.82, 2.24) is 10.3 Å². The van der Waals surface area contributed by atoms with Crippen molar-refractivity contribution in [3.8, 4) is 5.19 Å². The average molecular weight is 214 g/mol. The quantitative estimate of drug-likeness (QED) is 0.815. The van der Waals surface area contributed by atoms with E-state index in [0.717, 1.165) is 0 Å². The van der Waals surface area contributed by atoms with Crippen LogP contribution in [0.25, 0.3) is 0 Å². The van der Waals surface area contributed by atoms with Crippen molar-refractivity contribution in [3.05, 3.63) is 11.1 Å². The third-order valence-electron chi connectivity index (χ3n) is 1.38. The molecule has 1 N–H and O–H groups in total. The van der Waals surface area contributed by atoms with Crippen LogP contribution in [-0.2, 0) is 0 Å². The summed E-state index contributed by atoms with van der Waals surface area (Å²) in [6, 6.07) is 0. The lowest BCUT2D eigenvalue weighted by Gasteiger charge is -2.19. The Bertz CT molecular complexity index is 328. The number of aromatic nitrogens is 1. The number of rotatable bonds is 2. The van der Waals surface area contributed by atoms with Crippen LogP contribution < -0.4 is 10.1 Å². The summed E-state index contributed by atoms with van der Waals surface area (Å²) in [5, 5.41) is 5.01. The van der Waals surface area contributed by atoms with E-state index >= 15 is 0 Å². The molecular weight excluding hydrogens is 200 g/mol. The first-order valence-corrected chi connectivity index (χ1v) is 5.12. The van der Waals surface area contributed by atoms with Gasteiger partial charge in [-0.15, -0.1) is 0 Å². The van der Waals surface area contributed by atoms with Gasteiger partial charge in [-0.1, -0.05) is 11.3 Å². The van der Waals surface area contributed by atoms with E-state index in [1.807, 2.05) is 20.8 Å². The van der Waals surface area contributed by atoms with Gasteiger partial charge in [0.2, 0.25) is 0 Å². The molecule has 0 spiro atoms. The Hall–Kier alpha value is -1.10. The Balaban J connectivity index is 2.70. The van der Waals surface area contributed by atoms with Gasteiger partial charge in [0.25, 0.3) is 11.1 Å².